The Kier molecular flexibility index (Phi) is 8.98. The smallest absolute Gasteiger partial charge is 0.0713 e. The maximum Gasteiger partial charge on any atom is 0.0713 e. The molecule has 11 aromatic rings. The Morgan fingerprint density at radius 1 is 0.302 bits per heavy atom. The van der Waals surface area contributed by atoms with Crippen LogP contribution in [0.25, 0.3) is 64.7 Å². The van der Waals surface area contributed by atoms with E-state index < -0.39 is 5.41 Å². The molecule has 10 aromatic carbocycles. The van der Waals surface area contributed by atoms with Crippen molar-refractivity contribution in [1.29, 1.82) is 0 Å². The van der Waals surface area contributed by atoms with E-state index in [1.807, 2.05) is 11.3 Å². The Labute approximate surface area is 372 Å². The van der Waals surface area contributed by atoms with Gasteiger partial charge >= 0.3 is 0 Å². The van der Waals surface area contributed by atoms with E-state index in [1.54, 1.807) is 0 Å². The number of fused-ring (bicyclic) bond motifs is 6. The van der Waals surface area contributed by atoms with Crippen LogP contribution in [0.1, 0.15) is 22.3 Å². The lowest BCUT2D eigenvalue weighted by Gasteiger charge is -2.34. The SMILES string of the molecule is c1ccc(-c2ccccc2-c2ccccc2N(c2ccc(-c3cccc4c3sc3ccccc34)cc2)c2ccc(C3(c4ccccc4)c4ccccc4-c4ccccc43)cc2)cc1. The van der Waals surface area contributed by atoms with Crippen molar-refractivity contribution >= 4 is 48.6 Å². The molecule has 0 saturated heterocycles. The molecule has 63 heavy (non-hydrogen) atoms. The minimum absolute atomic E-state index is 0.473. The van der Waals surface area contributed by atoms with Gasteiger partial charge in [0.2, 0.25) is 0 Å². The average molecular weight is 820 g/mol. The molecular formula is C61H41NS. The van der Waals surface area contributed by atoms with Gasteiger partial charge in [0.1, 0.15) is 0 Å². The molecule has 1 aromatic heterocycles. The molecule has 2 heteroatoms. The third-order valence-electron chi connectivity index (χ3n) is 13.0. The Bertz CT molecular complexity index is 3390. The van der Waals surface area contributed by atoms with Gasteiger partial charge in [0.15, 0.2) is 0 Å². The molecule has 0 saturated carbocycles. The van der Waals surface area contributed by atoms with Gasteiger partial charge in [0.05, 0.1) is 11.1 Å². The van der Waals surface area contributed by atoms with Gasteiger partial charge in [-0.15, -0.1) is 11.3 Å². The number of benzene rings is 10. The van der Waals surface area contributed by atoms with Gasteiger partial charge in [0.25, 0.3) is 0 Å². The van der Waals surface area contributed by atoms with E-state index in [0.717, 1.165) is 17.1 Å². The molecule has 1 heterocycles. The molecular weight excluding hydrogens is 779 g/mol. The van der Waals surface area contributed by atoms with E-state index in [1.165, 1.54) is 86.9 Å². The van der Waals surface area contributed by atoms with Crippen molar-refractivity contribution in [3.8, 4) is 44.5 Å². The third-order valence-corrected chi connectivity index (χ3v) is 14.2. The van der Waals surface area contributed by atoms with Crippen LogP contribution in [0.2, 0.25) is 0 Å². The van der Waals surface area contributed by atoms with Crippen molar-refractivity contribution in [2.75, 3.05) is 4.90 Å². The van der Waals surface area contributed by atoms with Crippen LogP contribution in [0.4, 0.5) is 17.1 Å². The Morgan fingerprint density at radius 2 is 0.778 bits per heavy atom. The topological polar surface area (TPSA) is 3.24 Å². The number of hydrogen-bond donors (Lipinski definition) is 0. The minimum Gasteiger partial charge on any atom is -0.310 e. The summed E-state index contributed by atoms with van der Waals surface area (Å²) in [7, 11) is 0. The maximum atomic E-state index is 2.44. The molecule has 12 rings (SSSR count). The number of rotatable bonds is 8. The Morgan fingerprint density at radius 3 is 1.48 bits per heavy atom. The van der Waals surface area contributed by atoms with Gasteiger partial charge in [0, 0.05) is 37.1 Å². The van der Waals surface area contributed by atoms with Gasteiger partial charge < -0.3 is 4.90 Å². The van der Waals surface area contributed by atoms with Crippen LogP contribution in [0.5, 0.6) is 0 Å². The molecule has 1 aliphatic rings. The molecule has 0 atom stereocenters. The van der Waals surface area contributed by atoms with E-state index in [4.69, 9.17) is 0 Å². The number of thiophene rings is 1. The summed E-state index contributed by atoms with van der Waals surface area (Å²) in [6.45, 7) is 0. The standard InChI is InChI=1S/C61H41NS/c1-3-18-42(19-4-1)48-22-7-8-23-50(48)53-26-11-15-32-58(53)62(46-38-34-43(35-39-46)49-28-17-29-55-54-27-12-16-33-59(54)63-60(49)55)47-40-36-45(37-41-47)61(44-20-5-2-6-21-44)56-30-13-9-24-51(56)52-25-10-14-31-57(52)61/h1-41H. The predicted octanol–water partition coefficient (Wildman–Crippen LogP) is 16.9. The molecule has 296 valence electrons. The summed E-state index contributed by atoms with van der Waals surface area (Å²) in [5, 5.41) is 2.63. The number of para-hydroxylation sites is 1. The Balaban J connectivity index is 1.04. The second kappa shape index (κ2) is 15.3. The van der Waals surface area contributed by atoms with E-state index in [2.05, 4.69) is 254 Å². The largest absolute Gasteiger partial charge is 0.310 e. The zero-order chi connectivity index (χ0) is 41.7. The molecule has 0 N–H and O–H groups in total. The fourth-order valence-corrected chi connectivity index (χ4v) is 11.5. The number of hydrogen-bond acceptors (Lipinski definition) is 2. The summed E-state index contributed by atoms with van der Waals surface area (Å²) in [5.41, 5.74) is 17.8. The fraction of sp³-hybridized carbons (Fsp3) is 0.0164. The highest BCUT2D eigenvalue weighted by atomic mass is 32.1. The zero-order valence-electron chi connectivity index (χ0n) is 34.5. The molecule has 0 spiro atoms. The third kappa shape index (κ3) is 5.98. The first kappa shape index (κ1) is 37.0. The van der Waals surface area contributed by atoms with Crippen molar-refractivity contribution in [2.24, 2.45) is 0 Å². The van der Waals surface area contributed by atoms with Crippen LogP contribution < -0.4 is 4.90 Å². The van der Waals surface area contributed by atoms with Gasteiger partial charge in [-0.25, -0.2) is 0 Å². The molecule has 1 aliphatic carbocycles. The minimum atomic E-state index is -0.473. The fourth-order valence-electron chi connectivity index (χ4n) is 10.2. The summed E-state index contributed by atoms with van der Waals surface area (Å²) in [5.74, 6) is 0. The number of anilines is 3. The van der Waals surface area contributed by atoms with Gasteiger partial charge in [-0.3, -0.25) is 0 Å². The number of nitrogens with zero attached hydrogens (tertiary/aromatic N) is 1. The normalized spacial score (nSPS) is 12.6. The van der Waals surface area contributed by atoms with Crippen LogP contribution in [-0.2, 0) is 5.41 Å². The van der Waals surface area contributed by atoms with Gasteiger partial charge in [-0.1, -0.05) is 212 Å². The monoisotopic (exact) mass is 819 g/mol. The van der Waals surface area contributed by atoms with Crippen LogP contribution in [0, 0.1) is 0 Å². The molecule has 0 unspecified atom stereocenters. The van der Waals surface area contributed by atoms with Gasteiger partial charge in [-0.2, -0.15) is 0 Å². The van der Waals surface area contributed by atoms with Crippen molar-refractivity contribution in [3.05, 3.63) is 271 Å². The first-order chi connectivity index (χ1) is 31.3. The molecule has 0 fully saturated rings. The van der Waals surface area contributed by atoms with E-state index in [9.17, 15) is 0 Å². The highest BCUT2D eigenvalue weighted by molar-refractivity contribution is 7.26. The lowest BCUT2D eigenvalue weighted by atomic mass is 9.68. The average Bonchev–Trinajstić information content (AvgIpc) is 3.90. The highest BCUT2D eigenvalue weighted by Crippen LogP contribution is 2.56. The van der Waals surface area contributed by atoms with E-state index in [-0.39, 0.29) is 0 Å². The Hall–Kier alpha value is -7.78. The van der Waals surface area contributed by atoms with Crippen LogP contribution in [-0.4, -0.2) is 0 Å². The molecule has 0 amide bonds. The van der Waals surface area contributed by atoms with Crippen molar-refractivity contribution in [3.63, 3.8) is 0 Å². The summed E-state index contributed by atoms with van der Waals surface area (Å²) in [6.07, 6.45) is 0. The quantitative estimate of drug-likeness (QED) is 0.148. The van der Waals surface area contributed by atoms with Crippen molar-refractivity contribution in [1.82, 2.24) is 0 Å². The van der Waals surface area contributed by atoms with Crippen LogP contribution in [0.3, 0.4) is 0 Å². The predicted molar refractivity (Wildman–Crippen MR) is 268 cm³/mol. The second-order valence-electron chi connectivity index (χ2n) is 16.3. The van der Waals surface area contributed by atoms with Crippen molar-refractivity contribution < 1.29 is 0 Å². The summed E-state index contributed by atoms with van der Waals surface area (Å²) in [4.78, 5) is 2.44. The lowest BCUT2D eigenvalue weighted by Crippen LogP contribution is -2.28. The lowest BCUT2D eigenvalue weighted by molar-refractivity contribution is 0.768. The molecule has 0 radical (unpaired) electrons. The zero-order valence-corrected chi connectivity index (χ0v) is 35.3. The highest BCUT2D eigenvalue weighted by Gasteiger charge is 2.45. The molecule has 1 nitrogen and oxygen atoms in total. The van der Waals surface area contributed by atoms with Gasteiger partial charge in [-0.05, 0) is 97.6 Å². The first-order valence-corrected chi connectivity index (χ1v) is 22.5. The summed E-state index contributed by atoms with van der Waals surface area (Å²) < 4.78 is 2.64. The van der Waals surface area contributed by atoms with E-state index in [0.29, 0.717) is 0 Å². The second-order valence-corrected chi connectivity index (χ2v) is 17.4. The van der Waals surface area contributed by atoms with E-state index >= 15 is 0 Å². The van der Waals surface area contributed by atoms with Crippen LogP contribution in [0.15, 0.2) is 249 Å². The molecule has 0 bridgehead atoms. The summed E-state index contributed by atoms with van der Waals surface area (Å²) >= 11 is 1.88. The van der Waals surface area contributed by atoms with Crippen molar-refractivity contribution in [2.45, 2.75) is 5.41 Å². The maximum absolute atomic E-state index is 2.44. The molecule has 0 aliphatic heterocycles. The first-order valence-electron chi connectivity index (χ1n) is 21.7. The summed E-state index contributed by atoms with van der Waals surface area (Å²) in [6, 6.07) is 91.4. The van der Waals surface area contributed by atoms with Crippen LogP contribution >= 0.6 is 11.3 Å².